The van der Waals surface area contributed by atoms with Crippen LogP contribution < -0.4 is 5.32 Å². The fourth-order valence-electron chi connectivity index (χ4n) is 3.01. The van der Waals surface area contributed by atoms with E-state index in [1.54, 1.807) is 16.8 Å². The fourth-order valence-corrected chi connectivity index (χ4v) is 3.01. The Balaban J connectivity index is 1.98. The smallest absolute Gasteiger partial charge is 0.308 e. The molecule has 1 amide bonds. The average Bonchev–Trinajstić information content (AvgIpc) is 2.80. The van der Waals surface area contributed by atoms with Gasteiger partial charge in [-0.25, -0.2) is 0 Å². The van der Waals surface area contributed by atoms with Crippen LogP contribution in [0, 0.1) is 19.8 Å². The monoisotopic (exact) mass is 374 g/mol. The Bertz CT molecular complexity index is 831. The van der Waals surface area contributed by atoms with Gasteiger partial charge < -0.3 is 20.4 Å². The molecule has 3 N–H and O–H groups in total. The van der Waals surface area contributed by atoms with Crippen LogP contribution in [0.2, 0.25) is 0 Å². The summed E-state index contributed by atoms with van der Waals surface area (Å²) in [6, 6.07) is 6.14. The highest BCUT2D eigenvalue weighted by Crippen LogP contribution is 2.18. The van der Waals surface area contributed by atoms with E-state index in [0.29, 0.717) is 12.2 Å². The third-order valence-electron chi connectivity index (χ3n) is 4.53. The van der Waals surface area contributed by atoms with Gasteiger partial charge in [0.2, 0.25) is 5.91 Å². The molecule has 1 aromatic heterocycles. The van der Waals surface area contributed by atoms with Crippen LogP contribution in [0.4, 0.5) is 5.69 Å². The zero-order valence-corrected chi connectivity index (χ0v) is 16.1. The molecule has 0 saturated carbocycles. The molecule has 0 bridgehead atoms. The number of nitrogens with one attached hydrogen (secondary N) is 1. The van der Waals surface area contributed by atoms with Crippen LogP contribution in [0.25, 0.3) is 0 Å². The standard InChI is InChI=1S/C19H26N4O4/c1-12-17(13(2)23(4)21-12)11-22(3)10-14(19(26)27)8-18(25)20-15-6-5-7-16(24)9-15/h5-7,9,14,24H,8,10-11H2,1-4H3,(H,20,25)(H,26,27)/t14-/m0/s1. The third kappa shape index (κ3) is 5.55. The first-order valence-corrected chi connectivity index (χ1v) is 8.66. The summed E-state index contributed by atoms with van der Waals surface area (Å²) in [7, 11) is 3.70. The molecule has 1 aromatic carbocycles. The zero-order valence-electron chi connectivity index (χ0n) is 16.1. The molecule has 2 rings (SSSR count). The van der Waals surface area contributed by atoms with Gasteiger partial charge in [-0.1, -0.05) is 6.07 Å². The van der Waals surface area contributed by atoms with E-state index in [1.165, 1.54) is 12.1 Å². The molecule has 1 heterocycles. The van der Waals surface area contributed by atoms with E-state index < -0.39 is 17.8 Å². The molecule has 2 aromatic rings. The number of carbonyl (C=O) groups is 2. The maximum Gasteiger partial charge on any atom is 0.308 e. The molecule has 0 unspecified atom stereocenters. The maximum absolute atomic E-state index is 12.2. The van der Waals surface area contributed by atoms with Gasteiger partial charge in [0.15, 0.2) is 0 Å². The van der Waals surface area contributed by atoms with Gasteiger partial charge in [0.25, 0.3) is 0 Å². The Kier molecular flexibility index (Phi) is 6.57. The van der Waals surface area contributed by atoms with E-state index in [0.717, 1.165) is 17.0 Å². The van der Waals surface area contributed by atoms with E-state index >= 15 is 0 Å². The Hall–Kier alpha value is -2.87. The largest absolute Gasteiger partial charge is 0.508 e. The van der Waals surface area contributed by atoms with E-state index in [-0.39, 0.29) is 18.7 Å². The minimum Gasteiger partial charge on any atom is -0.508 e. The summed E-state index contributed by atoms with van der Waals surface area (Å²) in [4.78, 5) is 25.7. The van der Waals surface area contributed by atoms with Gasteiger partial charge in [0, 0.05) is 49.6 Å². The van der Waals surface area contributed by atoms with Crippen molar-refractivity contribution in [2.45, 2.75) is 26.8 Å². The van der Waals surface area contributed by atoms with Crippen molar-refractivity contribution in [3.05, 3.63) is 41.2 Å². The van der Waals surface area contributed by atoms with E-state index in [4.69, 9.17) is 0 Å². The molecule has 0 aliphatic rings. The molecule has 0 radical (unpaired) electrons. The molecule has 146 valence electrons. The molecule has 0 spiro atoms. The van der Waals surface area contributed by atoms with Crippen LogP contribution in [0.3, 0.4) is 0 Å². The highest BCUT2D eigenvalue weighted by Gasteiger charge is 2.24. The lowest BCUT2D eigenvalue weighted by atomic mass is 10.0. The molecule has 8 heteroatoms. The van der Waals surface area contributed by atoms with Crippen molar-refractivity contribution in [3.63, 3.8) is 0 Å². The van der Waals surface area contributed by atoms with Gasteiger partial charge in [-0.15, -0.1) is 0 Å². The second-order valence-electron chi connectivity index (χ2n) is 6.81. The number of amides is 1. The first-order valence-electron chi connectivity index (χ1n) is 8.66. The van der Waals surface area contributed by atoms with Gasteiger partial charge >= 0.3 is 5.97 Å². The Morgan fingerprint density at radius 1 is 1.33 bits per heavy atom. The number of phenols is 1. The number of hydrogen-bond acceptors (Lipinski definition) is 5. The van der Waals surface area contributed by atoms with Gasteiger partial charge in [0.05, 0.1) is 11.6 Å². The minimum absolute atomic E-state index is 0.0320. The van der Waals surface area contributed by atoms with Crippen molar-refractivity contribution >= 4 is 17.6 Å². The second kappa shape index (κ2) is 8.68. The summed E-state index contributed by atoms with van der Waals surface area (Å²) in [6.07, 6.45) is -0.152. The number of aryl methyl sites for hydroxylation is 2. The molecule has 1 atom stereocenters. The maximum atomic E-state index is 12.2. The highest BCUT2D eigenvalue weighted by atomic mass is 16.4. The third-order valence-corrected chi connectivity index (χ3v) is 4.53. The van der Waals surface area contributed by atoms with Crippen LogP contribution in [0.5, 0.6) is 5.75 Å². The molecular weight excluding hydrogens is 348 g/mol. The van der Waals surface area contributed by atoms with Crippen molar-refractivity contribution in [2.75, 3.05) is 18.9 Å². The normalized spacial score (nSPS) is 12.2. The summed E-state index contributed by atoms with van der Waals surface area (Å²) in [5, 5.41) is 25.9. The van der Waals surface area contributed by atoms with Crippen molar-refractivity contribution in [3.8, 4) is 5.75 Å². The number of aromatic nitrogens is 2. The number of carbonyl (C=O) groups excluding carboxylic acids is 1. The first kappa shape index (κ1) is 20.4. The fraction of sp³-hybridized carbons (Fsp3) is 0.421. The lowest BCUT2D eigenvalue weighted by Gasteiger charge is -2.21. The molecular formula is C19H26N4O4. The number of rotatable bonds is 8. The molecule has 0 saturated heterocycles. The lowest BCUT2D eigenvalue weighted by Crippen LogP contribution is -2.33. The summed E-state index contributed by atoms with van der Waals surface area (Å²) in [5.41, 5.74) is 3.44. The highest BCUT2D eigenvalue weighted by molar-refractivity contribution is 5.93. The Morgan fingerprint density at radius 2 is 2.04 bits per heavy atom. The van der Waals surface area contributed by atoms with Crippen LogP contribution >= 0.6 is 0 Å². The predicted octanol–water partition coefficient (Wildman–Crippen LogP) is 1.90. The van der Waals surface area contributed by atoms with Gasteiger partial charge in [-0.2, -0.15) is 5.10 Å². The van der Waals surface area contributed by atoms with E-state index in [1.807, 2.05) is 32.8 Å². The van der Waals surface area contributed by atoms with Crippen LogP contribution in [-0.2, 0) is 23.2 Å². The predicted molar refractivity (Wildman–Crippen MR) is 101 cm³/mol. The number of aromatic hydroxyl groups is 1. The SMILES string of the molecule is Cc1nn(C)c(C)c1CN(C)C[C@H](CC(=O)Nc1cccc(O)c1)C(=O)O. The molecule has 0 aliphatic carbocycles. The molecule has 8 nitrogen and oxygen atoms in total. The van der Waals surface area contributed by atoms with Crippen LogP contribution in [0.1, 0.15) is 23.4 Å². The quantitative estimate of drug-likeness (QED) is 0.651. The van der Waals surface area contributed by atoms with Crippen molar-refractivity contribution < 1.29 is 19.8 Å². The van der Waals surface area contributed by atoms with E-state index in [2.05, 4.69) is 10.4 Å². The van der Waals surface area contributed by atoms with Gasteiger partial charge in [0.1, 0.15) is 5.75 Å². The first-order chi connectivity index (χ1) is 12.7. The van der Waals surface area contributed by atoms with Crippen molar-refractivity contribution in [1.82, 2.24) is 14.7 Å². The number of hydrogen-bond donors (Lipinski definition) is 3. The molecule has 0 fully saturated rings. The van der Waals surface area contributed by atoms with Crippen molar-refractivity contribution in [2.24, 2.45) is 13.0 Å². The summed E-state index contributed by atoms with van der Waals surface area (Å²) < 4.78 is 1.80. The van der Waals surface area contributed by atoms with Gasteiger partial charge in [-0.05, 0) is 33.0 Å². The Morgan fingerprint density at radius 3 is 2.59 bits per heavy atom. The number of benzene rings is 1. The van der Waals surface area contributed by atoms with Crippen molar-refractivity contribution in [1.29, 1.82) is 0 Å². The van der Waals surface area contributed by atoms with Crippen LogP contribution in [-0.4, -0.2) is 50.4 Å². The number of anilines is 1. The minimum atomic E-state index is -1.02. The zero-order chi connectivity index (χ0) is 20.1. The molecule has 0 aliphatic heterocycles. The molecule has 27 heavy (non-hydrogen) atoms. The summed E-state index contributed by atoms with van der Waals surface area (Å²) >= 11 is 0. The van der Waals surface area contributed by atoms with Crippen LogP contribution in [0.15, 0.2) is 24.3 Å². The number of phenolic OH excluding ortho intramolecular Hbond substituents is 1. The number of carboxylic acid groups (broad SMARTS) is 1. The second-order valence-corrected chi connectivity index (χ2v) is 6.81. The Labute approximate surface area is 158 Å². The lowest BCUT2D eigenvalue weighted by molar-refractivity contribution is -0.144. The number of nitrogens with zero attached hydrogens (tertiary/aromatic N) is 3. The number of carboxylic acids is 1. The summed E-state index contributed by atoms with van der Waals surface area (Å²) in [5.74, 6) is -2.24. The van der Waals surface area contributed by atoms with E-state index in [9.17, 15) is 19.8 Å². The topological polar surface area (TPSA) is 108 Å². The number of aliphatic carboxylic acids is 1. The average molecular weight is 374 g/mol. The van der Waals surface area contributed by atoms with Gasteiger partial charge in [-0.3, -0.25) is 14.3 Å². The summed E-state index contributed by atoms with van der Waals surface area (Å²) in [6.45, 7) is 4.69.